The first kappa shape index (κ1) is 16.0. The van der Waals surface area contributed by atoms with Crippen LogP contribution in [0.3, 0.4) is 0 Å². The van der Waals surface area contributed by atoms with Gasteiger partial charge >= 0.3 is 0 Å². The van der Waals surface area contributed by atoms with Crippen molar-refractivity contribution >= 4 is 28.5 Å². The number of carbonyl (C=O) groups excluding carboxylic acids is 1. The molecule has 1 aromatic carbocycles. The number of benzene rings is 1. The zero-order chi connectivity index (χ0) is 17.6. The number of fused-ring (bicyclic) bond motifs is 1. The molecule has 1 aliphatic carbocycles. The van der Waals surface area contributed by atoms with Crippen LogP contribution in [0.1, 0.15) is 40.9 Å². The van der Waals surface area contributed by atoms with Crippen molar-refractivity contribution in [2.45, 2.75) is 25.8 Å². The fourth-order valence-corrected chi connectivity index (χ4v) is 3.18. The lowest BCUT2D eigenvalue weighted by molar-refractivity contribution is 0.0923. The number of hydrogen-bond acceptors (Lipinski definition) is 4. The molecule has 1 fully saturated rings. The van der Waals surface area contributed by atoms with E-state index < -0.39 is 0 Å². The summed E-state index contributed by atoms with van der Waals surface area (Å²) >= 11 is 6.08. The average molecular weight is 356 g/mol. The van der Waals surface area contributed by atoms with E-state index in [1.807, 2.05) is 36.7 Å². The van der Waals surface area contributed by atoms with Crippen molar-refractivity contribution in [3.63, 3.8) is 0 Å². The Kier molecular flexibility index (Phi) is 3.92. The van der Waals surface area contributed by atoms with Crippen LogP contribution in [-0.2, 0) is 7.05 Å². The van der Waals surface area contributed by atoms with Crippen LogP contribution in [0.4, 0.5) is 0 Å². The van der Waals surface area contributed by atoms with Crippen LogP contribution in [0.2, 0.25) is 5.02 Å². The Bertz CT molecular complexity index is 946. The summed E-state index contributed by atoms with van der Waals surface area (Å²) in [6.07, 6.45) is 5.25. The first-order chi connectivity index (χ1) is 12.0. The Balaban J connectivity index is 1.67. The van der Waals surface area contributed by atoms with Gasteiger partial charge in [-0.05, 0) is 43.9 Å². The van der Waals surface area contributed by atoms with Gasteiger partial charge in [0.2, 0.25) is 0 Å². The van der Waals surface area contributed by atoms with E-state index >= 15 is 0 Å². The normalized spacial score (nSPS) is 15.3. The summed E-state index contributed by atoms with van der Waals surface area (Å²) in [5, 5.41) is 3.74. The minimum absolute atomic E-state index is 0.147. The van der Waals surface area contributed by atoms with Crippen molar-refractivity contribution in [2.24, 2.45) is 13.0 Å². The maximum absolute atomic E-state index is 12.6. The fraction of sp³-hybridized carbons (Fsp3) is 0.333. The Labute approximate surface area is 150 Å². The molecule has 0 radical (unpaired) electrons. The van der Waals surface area contributed by atoms with E-state index in [1.54, 1.807) is 6.20 Å². The predicted molar refractivity (Wildman–Crippen MR) is 95.4 cm³/mol. The molecule has 0 saturated heterocycles. The van der Waals surface area contributed by atoms with E-state index in [0.717, 1.165) is 35.4 Å². The molecule has 128 valence electrons. The monoisotopic (exact) mass is 355 g/mol. The van der Waals surface area contributed by atoms with E-state index in [1.165, 1.54) is 6.20 Å². The van der Waals surface area contributed by atoms with Crippen LogP contribution in [0.5, 0.6) is 0 Å². The van der Waals surface area contributed by atoms with Crippen molar-refractivity contribution < 1.29 is 4.79 Å². The van der Waals surface area contributed by atoms with Crippen molar-refractivity contribution in [1.29, 1.82) is 0 Å². The molecule has 0 spiro atoms. The smallest absolute Gasteiger partial charge is 0.272 e. The van der Waals surface area contributed by atoms with Gasteiger partial charge in [0.05, 0.1) is 29.0 Å². The third-order valence-corrected chi connectivity index (χ3v) is 4.78. The molecule has 25 heavy (non-hydrogen) atoms. The molecule has 4 rings (SSSR count). The van der Waals surface area contributed by atoms with Gasteiger partial charge in [0.15, 0.2) is 0 Å². The third-order valence-electron chi connectivity index (χ3n) is 4.55. The lowest BCUT2D eigenvalue weighted by Crippen LogP contribution is -2.32. The molecule has 1 amide bonds. The Morgan fingerprint density at radius 2 is 2.12 bits per heavy atom. The molecule has 1 atom stereocenters. The van der Waals surface area contributed by atoms with Crippen LogP contribution >= 0.6 is 11.6 Å². The SMILES string of the molecule is Cc1cnc(C(=O)N[C@H](c2nc3cc(Cl)ccc3n2C)C2CC2)cn1. The second kappa shape index (κ2) is 6.11. The van der Waals surface area contributed by atoms with Crippen LogP contribution < -0.4 is 5.32 Å². The summed E-state index contributed by atoms with van der Waals surface area (Å²) in [4.78, 5) is 25.6. The van der Waals surface area contributed by atoms with E-state index in [0.29, 0.717) is 16.6 Å². The van der Waals surface area contributed by atoms with Crippen molar-refractivity contribution in [2.75, 3.05) is 0 Å². The number of rotatable bonds is 4. The van der Waals surface area contributed by atoms with Gasteiger partial charge in [0, 0.05) is 18.3 Å². The average Bonchev–Trinajstić information content (AvgIpc) is 3.38. The van der Waals surface area contributed by atoms with E-state index in [-0.39, 0.29) is 11.9 Å². The summed E-state index contributed by atoms with van der Waals surface area (Å²) in [7, 11) is 1.96. The van der Waals surface area contributed by atoms with Crippen molar-refractivity contribution in [1.82, 2.24) is 24.8 Å². The molecule has 1 N–H and O–H groups in total. The van der Waals surface area contributed by atoms with Gasteiger partial charge in [-0.1, -0.05) is 11.6 Å². The van der Waals surface area contributed by atoms with Crippen LogP contribution in [0.15, 0.2) is 30.6 Å². The number of carbonyl (C=O) groups is 1. The molecule has 6 nitrogen and oxygen atoms in total. The number of nitrogens with one attached hydrogen (secondary N) is 1. The summed E-state index contributed by atoms with van der Waals surface area (Å²) in [6, 6.07) is 5.50. The minimum atomic E-state index is -0.227. The highest BCUT2D eigenvalue weighted by Gasteiger charge is 2.36. The lowest BCUT2D eigenvalue weighted by atomic mass is 10.1. The van der Waals surface area contributed by atoms with Crippen LogP contribution in [-0.4, -0.2) is 25.4 Å². The molecule has 1 aliphatic rings. The van der Waals surface area contributed by atoms with Gasteiger partial charge in [0.1, 0.15) is 11.5 Å². The summed E-state index contributed by atoms with van der Waals surface area (Å²) in [5.74, 6) is 1.01. The summed E-state index contributed by atoms with van der Waals surface area (Å²) in [5.41, 5.74) is 2.93. The number of halogens is 1. The molecule has 0 unspecified atom stereocenters. The molecule has 0 aliphatic heterocycles. The third kappa shape index (κ3) is 3.09. The molecular formula is C18H18ClN5O. The Morgan fingerprint density at radius 1 is 1.32 bits per heavy atom. The second-order valence-electron chi connectivity index (χ2n) is 6.49. The van der Waals surface area contributed by atoms with Gasteiger partial charge in [-0.15, -0.1) is 0 Å². The number of nitrogens with zero attached hydrogens (tertiary/aromatic N) is 4. The van der Waals surface area contributed by atoms with Gasteiger partial charge in [-0.2, -0.15) is 0 Å². The summed E-state index contributed by atoms with van der Waals surface area (Å²) < 4.78 is 2.02. The van der Waals surface area contributed by atoms with Crippen molar-refractivity contribution in [3.05, 3.63) is 52.8 Å². The van der Waals surface area contributed by atoms with Gasteiger partial charge in [-0.3, -0.25) is 9.78 Å². The van der Waals surface area contributed by atoms with Crippen LogP contribution in [0.25, 0.3) is 11.0 Å². The van der Waals surface area contributed by atoms with Gasteiger partial charge in [0.25, 0.3) is 5.91 Å². The fourth-order valence-electron chi connectivity index (χ4n) is 3.02. The molecular weight excluding hydrogens is 338 g/mol. The maximum Gasteiger partial charge on any atom is 0.272 e. The van der Waals surface area contributed by atoms with E-state index in [9.17, 15) is 4.79 Å². The number of amides is 1. The Hall–Kier alpha value is -2.47. The minimum Gasteiger partial charge on any atom is -0.340 e. The maximum atomic E-state index is 12.6. The van der Waals surface area contributed by atoms with Crippen molar-refractivity contribution in [3.8, 4) is 0 Å². The molecule has 7 heteroatoms. The standard InChI is InChI=1S/C18H18ClN5O/c1-10-8-21-14(9-20-10)18(25)23-16(11-3-4-11)17-22-13-7-12(19)5-6-15(13)24(17)2/h5-9,11,16H,3-4H2,1-2H3,(H,23,25)/t16-/m0/s1. The van der Waals surface area contributed by atoms with Gasteiger partial charge < -0.3 is 9.88 Å². The number of imidazole rings is 1. The topological polar surface area (TPSA) is 72.7 Å². The van der Waals surface area contributed by atoms with E-state index in [2.05, 4.69) is 15.3 Å². The predicted octanol–water partition coefficient (Wildman–Crippen LogP) is 3.21. The highest BCUT2D eigenvalue weighted by Crippen LogP contribution is 2.41. The lowest BCUT2D eigenvalue weighted by Gasteiger charge is -2.18. The zero-order valence-corrected chi connectivity index (χ0v) is 14.8. The summed E-state index contributed by atoms with van der Waals surface area (Å²) in [6.45, 7) is 1.84. The number of aromatic nitrogens is 4. The Morgan fingerprint density at radius 3 is 2.80 bits per heavy atom. The first-order valence-electron chi connectivity index (χ1n) is 8.24. The quantitative estimate of drug-likeness (QED) is 0.780. The second-order valence-corrected chi connectivity index (χ2v) is 6.93. The largest absolute Gasteiger partial charge is 0.340 e. The highest BCUT2D eigenvalue weighted by atomic mass is 35.5. The zero-order valence-electron chi connectivity index (χ0n) is 14.0. The van der Waals surface area contributed by atoms with Crippen LogP contribution in [0, 0.1) is 12.8 Å². The number of aryl methyl sites for hydroxylation is 2. The molecule has 2 heterocycles. The highest BCUT2D eigenvalue weighted by molar-refractivity contribution is 6.31. The molecule has 1 saturated carbocycles. The number of hydrogen-bond donors (Lipinski definition) is 1. The van der Waals surface area contributed by atoms with E-state index in [4.69, 9.17) is 16.6 Å². The molecule has 3 aromatic rings. The molecule has 2 aromatic heterocycles. The molecule has 0 bridgehead atoms. The first-order valence-corrected chi connectivity index (χ1v) is 8.62. The van der Waals surface area contributed by atoms with Gasteiger partial charge in [-0.25, -0.2) is 9.97 Å².